The summed E-state index contributed by atoms with van der Waals surface area (Å²) < 4.78 is 13.1. The quantitative estimate of drug-likeness (QED) is 0.664. The van der Waals surface area contributed by atoms with Crippen LogP contribution < -0.4 is 5.73 Å². The summed E-state index contributed by atoms with van der Waals surface area (Å²) in [4.78, 5) is 15.4. The summed E-state index contributed by atoms with van der Waals surface area (Å²) >= 11 is 1.39. The van der Waals surface area contributed by atoms with Crippen molar-refractivity contribution < 1.29 is 14.3 Å². The van der Waals surface area contributed by atoms with E-state index in [0.717, 1.165) is 5.69 Å². The summed E-state index contributed by atoms with van der Waals surface area (Å²) in [5, 5.41) is 8.74. The summed E-state index contributed by atoms with van der Waals surface area (Å²) in [6, 6.07) is 7.46. The molecule has 0 spiro atoms. The van der Waals surface area contributed by atoms with Crippen molar-refractivity contribution in [2.75, 3.05) is 5.73 Å². The minimum absolute atomic E-state index is 0.142. The molecule has 1 heterocycles. The van der Waals surface area contributed by atoms with Crippen molar-refractivity contribution in [1.82, 2.24) is 4.98 Å². The van der Waals surface area contributed by atoms with Gasteiger partial charge >= 0.3 is 5.97 Å². The highest BCUT2D eigenvalue weighted by atomic mass is 32.2. The van der Waals surface area contributed by atoms with Crippen molar-refractivity contribution in [2.45, 2.75) is 10.6 Å². The highest BCUT2D eigenvalue weighted by Crippen LogP contribution is 2.25. The van der Waals surface area contributed by atoms with E-state index >= 15 is 0 Å². The van der Waals surface area contributed by atoms with E-state index < -0.39 is 5.97 Å². The standard InChI is InChI=1S/C13H11FN2O2S/c14-9-3-10(15)5-12(4-9)19-7-11-2-1-8(6-16-11)13(17)18/h1-6H,7,15H2,(H,17,18). The molecule has 0 saturated heterocycles. The molecule has 0 fully saturated rings. The molecule has 6 heteroatoms. The molecular formula is C13H11FN2O2S. The number of aromatic nitrogens is 1. The van der Waals surface area contributed by atoms with E-state index in [1.54, 1.807) is 12.1 Å². The lowest BCUT2D eigenvalue weighted by Crippen LogP contribution is -1.98. The molecule has 0 atom stereocenters. The maximum Gasteiger partial charge on any atom is 0.337 e. The van der Waals surface area contributed by atoms with Crippen molar-refractivity contribution in [3.63, 3.8) is 0 Å². The fourth-order valence-corrected chi connectivity index (χ4v) is 2.36. The van der Waals surface area contributed by atoms with Gasteiger partial charge in [-0.05, 0) is 30.3 Å². The Balaban J connectivity index is 2.03. The first-order chi connectivity index (χ1) is 9.04. The molecule has 2 rings (SSSR count). The van der Waals surface area contributed by atoms with Gasteiger partial charge in [-0.2, -0.15) is 0 Å². The number of nitrogen functional groups attached to an aromatic ring is 1. The van der Waals surface area contributed by atoms with Gasteiger partial charge in [0.25, 0.3) is 0 Å². The van der Waals surface area contributed by atoms with Crippen LogP contribution in [0.1, 0.15) is 16.1 Å². The zero-order valence-electron chi connectivity index (χ0n) is 9.84. The molecule has 0 radical (unpaired) electrons. The van der Waals surface area contributed by atoms with Gasteiger partial charge in [0.1, 0.15) is 5.82 Å². The number of benzene rings is 1. The lowest BCUT2D eigenvalue weighted by atomic mass is 10.2. The van der Waals surface area contributed by atoms with Gasteiger partial charge in [0.05, 0.1) is 11.3 Å². The average Bonchev–Trinajstić information content (AvgIpc) is 2.36. The number of rotatable bonds is 4. The third-order valence-corrected chi connectivity index (χ3v) is 3.36. The summed E-state index contributed by atoms with van der Waals surface area (Å²) in [6.07, 6.45) is 1.30. The van der Waals surface area contributed by atoms with Crippen LogP contribution in [0.3, 0.4) is 0 Å². The second-order valence-corrected chi connectivity index (χ2v) is 4.90. The van der Waals surface area contributed by atoms with Gasteiger partial charge < -0.3 is 10.8 Å². The zero-order valence-corrected chi connectivity index (χ0v) is 10.7. The minimum atomic E-state index is -1.01. The van der Waals surface area contributed by atoms with Crippen molar-refractivity contribution in [1.29, 1.82) is 0 Å². The van der Waals surface area contributed by atoms with E-state index in [4.69, 9.17) is 10.8 Å². The van der Waals surface area contributed by atoms with Gasteiger partial charge in [-0.3, -0.25) is 4.98 Å². The van der Waals surface area contributed by atoms with Crippen molar-refractivity contribution in [2.24, 2.45) is 0 Å². The lowest BCUT2D eigenvalue weighted by molar-refractivity contribution is 0.0696. The largest absolute Gasteiger partial charge is 0.478 e. The lowest BCUT2D eigenvalue weighted by Gasteiger charge is -2.03. The number of halogens is 1. The molecule has 0 unspecified atom stereocenters. The molecule has 3 N–H and O–H groups in total. The fraction of sp³-hybridized carbons (Fsp3) is 0.0769. The third kappa shape index (κ3) is 3.69. The number of hydrogen-bond donors (Lipinski definition) is 2. The SMILES string of the molecule is Nc1cc(F)cc(SCc2ccc(C(=O)O)cn2)c1. The zero-order chi connectivity index (χ0) is 13.8. The van der Waals surface area contributed by atoms with Gasteiger partial charge in [0.2, 0.25) is 0 Å². The smallest absolute Gasteiger partial charge is 0.337 e. The van der Waals surface area contributed by atoms with Crippen LogP contribution in [-0.4, -0.2) is 16.1 Å². The normalized spacial score (nSPS) is 10.4. The Hall–Kier alpha value is -2.08. The van der Waals surface area contributed by atoms with Gasteiger partial charge in [-0.1, -0.05) is 0 Å². The summed E-state index contributed by atoms with van der Waals surface area (Å²) in [5.41, 5.74) is 6.78. The number of nitrogens with zero attached hydrogens (tertiary/aromatic N) is 1. The molecule has 19 heavy (non-hydrogen) atoms. The second-order valence-electron chi connectivity index (χ2n) is 3.85. The monoisotopic (exact) mass is 278 g/mol. The fourth-order valence-electron chi connectivity index (χ4n) is 1.46. The highest BCUT2D eigenvalue weighted by Gasteiger charge is 2.04. The first kappa shape index (κ1) is 13.4. The van der Waals surface area contributed by atoms with Crippen molar-refractivity contribution in [3.8, 4) is 0 Å². The summed E-state index contributed by atoms with van der Waals surface area (Å²) in [5.74, 6) is -0.871. The van der Waals surface area contributed by atoms with E-state index in [1.807, 2.05) is 0 Å². The van der Waals surface area contributed by atoms with Gasteiger partial charge in [0.15, 0.2) is 0 Å². The van der Waals surface area contributed by atoms with E-state index in [-0.39, 0.29) is 11.4 Å². The molecule has 4 nitrogen and oxygen atoms in total. The Kier molecular flexibility index (Phi) is 4.01. The molecule has 1 aromatic carbocycles. The van der Waals surface area contributed by atoms with Crippen LogP contribution in [0.4, 0.5) is 10.1 Å². The minimum Gasteiger partial charge on any atom is -0.478 e. The number of carbonyl (C=O) groups is 1. The Morgan fingerprint density at radius 3 is 2.74 bits per heavy atom. The number of carboxylic acid groups (broad SMARTS) is 1. The Bertz CT molecular complexity index is 582. The van der Waals surface area contributed by atoms with Crippen molar-refractivity contribution in [3.05, 3.63) is 53.6 Å². The topological polar surface area (TPSA) is 76.2 Å². The van der Waals surface area contributed by atoms with Crippen LogP contribution in [0.15, 0.2) is 41.4 Å². The van der Waals surface area contributed by atoms with Gasteiger partial charge in [-0.25, -0.2) is 9.18 Å². The van der Waals surface area contributed by atoms with E-state index in [2.05, 4.69) is 4.98 Å². The van der Waals surface area contributed by atoms with Crippen LogP contribution in [0.25, 0.3) is 0 Å². The number of nitrogens with two attached hydrogens (primary N) is 1. The van der Waals surface area contributed by atoms with E-state index in [1.165, 1.54) is 36.2 Å². The maximum absolute atomic E-state index is 13.1. The number of hydrogen-bond acceptors (Lipinski definition) is 4. The van der Waals surface area contributed by atoms with Crippen LogP contribution in [0.5, 0.6) is 0 Å². The predicted octanol–water partition coefficient (Wildman–Crippen LogP) is 2.79. The van der Waals surface area contributed by atoms with Crippen LogP contribution >= 0.6 is 11.8 Å². The van der Waals surface area contributed by atoms with Gasteiger partial charge in [0, 0.05) is 22.5 Å². The highest BCUT2D eigenvalue weighted by molar-refractivity contribution is 7.98. The number of anilines is 1. The molecule has 0 saturated carbocycles. The maximum atomic E-state index is 13.1. The second kappa shape index (κ2) is 5.71. The van der Waals surface area contributed by atoms with Crippen molar-refractivity contribution >= 4 is 23.4 Å². The predicted molar refractivity (Wildman–Crippen MR) is 71.6 cm³/mol. The van der Waals surface area contributed by atoms with Crippen LogP contribution in [0, 0.1) is 5.82 Å². The van der Waals surface area contributed by atoms with E-state index in [0.29, 0.717) is 16.3 Å². The Morgan fingerprint density at radius 1 is 1.37 bits per heavy atom. The Labute approximate surface area is 113 Å². The molecule has 0 aliphatic heterocycles. The molecule has 0 aliphatic carbocycles. The first-order valence-electron chi connectivity index (χ1n) is 5.41. The Morgan fingerprint density at radius 2 is 2.16 bits per heavy atom. The number of carboxylic acids is 1. The van der Waals surface area contributed by atoms with Gasteiger partial charge in [-0.15, -0.1) is 11.8 Å². The molecule has 0 aliphatic rings. The molecule has 0 bridgehead atoms. The van der Waals surface area contributed by atoms with E-state index in [9.17, 15) is 9.18 Å². The average molecular weight is 278 g/mol. The number of pyridine rings is 1. The molecule has 98 valence electrons. The summed E-state index contributed by atoms with van der Waals surface area (Å²) in [6.45, 7) is 0. The molecule has 1 aromatic heterocycles. The molecular weight excluding hydrogens is 267 g/mol. The first-order valence-corrected chi connectivity index (χ1v) is 6.40. The van der Waals surface area contributed by atoms with Crippen LogP contribution in [-0.2, 0) is 5.75 Å². The van der Waals surface area contributed by atoms with Crippen LogP contribution in [0.2, 0.25) is 0 Å². The third-order valence-electron chi connectivity index (χ3n) is 2.35. The molecule has 0 amide bonds. The number of aromatic carboxylic acids is 1. The summed E-state index contributed by atoms with van der Waals surface area (Å²) in [7, 11) is 0. The molecule has 2 aromatic rings. The number of thioether (sulfide) groups is 1.